The smallest absolute Gasteiger partial charge is 0.406 e. The van der Waals surface area contributed by atoms with Crippen LogP contribution in [0.15, 0.2) is 42.5 Å². The third kappa shape index (κ3) is 3.71. The van der Waals surface area contributed by atoms with Gasteiger partial charge in [0.1, 0.15) is 17.9 Å². The molecule has 0 spiro atoms. The molecule has 0 unspecified atom stereocenters. The number of esters is 2. The number of rotatable bonds is 5. The Morgan fingerprint density at radius 2 is 1.79 bits per heavy atom. The summed E-state index contributed by atoms with van der Waals surface area (Å²) < 4.78 is 15.5. The molecule has 1 aromatic heterocycles. The predicted molar refractivity (Wildman–Crippen MR) is 98.9 cm³/mol. The van der Waals surface area contributed by atoms with Crippen molar-refractivity contribution in [2.24, 2.45) is 0 Å². The van der Waals surface area contributed by atoms with Crippen molar-refractivity contribution < 1.29 is 28.5 Å². The highest BCUT2D eigenvalue weighted by atomic mass is 16.5. The van der Waals surface area contributed by atoms with Crippen molar-refractivity contribution >= 4 is 23.0 Å². The second-order valence-corrected chi connectivity index (χ2v) is 5.99. The first-order valence-corrected chi connectivity index (χ1v) is 8.37. The predicted octanol–water partition coefficient (Wildman–Crippen LogP) is 2.33. The van der Waals surface area contributed by atoms with Crippen molar-refractivity contribution in [1.82, 2.24) is 4.98 Å². The minimum Gasteiger partial charge on any atom is -0.618 e. The first kappa shape index (κ1) is 19.1. The third-order valence-corrected chi connectivity index (χ3v) is 4.14. The number of carbonyl (C=O) groups excluding carboxylic acids is 2. The minimum absolute atomic E-state index is 0.0000199. The van der Waals surface area contributed by atoms with Crippen LogP contribution in [-0.2, 0) is 16.1 Å². The van der Waals surface area contributed by atoms with E-state index in [1.807, 2.05) is 6.92 Å². The second-order valence-electron chi connectivity index (χ2n) is 5.99. The van der Waals surface area contributed by atoms with Crippen LogP contribution < -0.4 is 9.47 Å². The minimum atomic E-state index is -0.881. The van der Waals surface area contributed by atoms with Crippen molar-refractivity contribution in [3.8, 4) is 5.75 Å². The van der Waals surface area contributed by atoms with Crippen molar-refractivity contribution in [1.29, 1.82) is 0 Å². The summed E-state index contributed by atoms with van der Waals surface area (Å²) in [6, 6.07) is 11.5. The Balaban J connectivity index is 1.97. The van der Waals surface area contributed by atoms with Gasteiger partial charge >= 0.3 is 17.6 Å². The van der Waals surface area contributed by atoms with Crippen molar-refractivity contribution in [3.63, 3.8) is 0 Å². The standard InChI is InChI=1S/C20H18N2O6/c1-12-4-6-13(7-5-12)19(23)28-11-16-18(20(24)27-3)22(25)17-10-14(26-2)8-9-15(17)21-16/h4-10H,11H2,1-3H3. The van der Waals surface area contributed by atoms with Gasteiger partial charge in [-0.25, -0.2) is 14.6 Å². The molecule has 0 aliphatic carbocycles. The van der Waals surface area contributed by atoms with Gasteiger partial charge in [0.2, 0.25) is 5.52 Å². The Morgan fingerprint density at radius 3 is 2.43 bits per heavy atom. The zero-order valence-corrected chi connectivity index (χ0v) is 15.6. The summed E-state index contributed by atoms with van der Waals surface area (Å²) in [5.41, 5.74) is 1.47. The van der Waals surface area contributed by atoms with Crippen LogP contribution in [-0.4, -0.2) is 31.1 Å². The van der Waals surface area contributed by atoms with Gasteiger partial charge in [-0.2, -0.15) is 4.73 Å². The lowest BCUT2D eigenvalue weighted by Gasteiger charge is -2.11. The lowest BCUT2D eigenvalue weighted by atomic mass is 10.1. The fourth-order valence-electron chi connectivity index (χ4n) is 2.63. The normalized spacial score (nSPS) is 10.5. The molecule has 0 atom stereocenters. The summed E-state index contributed by atoms with van der Waals surface area (Å²) in [6.45, 7) is 1.54. The van der Waals surface area contributed by atoms with Crippen LogP contribution in [0.3, 0.4) is 0 Å². The fourth-order valence-corrected chi connectivity index (χ4v) is 2.63. The zero-order chi connectivity index (χ0) is 20.3. The van der Waals surface area contributed by atoms with E-state index in [0.29, 0.717) is 21.6 Å². The molecule has 0 aliphatic rings. The fraction of sp³-hybridized carbons (Fsp3) is 0.200. The molecule has 0 amide bonds. The van der Waals surface area contributed by atoms with Crippen molar-refractivity contribution in [3.05, 3.63) is 70.2 Å². The molecule has 8 heteroatoms. The SMILES string of the molecule is COC(=O)c1c(COC(=O)c2ccc(C)cc2)nc2ccc(OC)cc2[n+]1[O-]. The first-order valence-electron chi connectivity index (χ1n) is 8.37. The number of benzene rings is 2. The monoisotopic (exact) mass is 382 g/mol. The highest BCUT2D eigenvalue weighted by molar-refractivity contribution is 5.90. The topological polar surface area (TPSA) is 102 Å². The average Bonchev–Trinajstić information content (AvgIpc) is 2.71. The molecule has 144 valence electrons. The molecule has 28 heavy (non-hydrogen) atoms. The summed E-state index contributed by atoms with van der Waals surface area (Å²) >= 11 is 0. The second kappa shape index (κ2) is 7.91. The van der Waals surface area contributed by atoms with Crippen LogP contribution in [0.1, 0.15) is 32.1 Å². The maximum atomic E-state index is 12.7. The maximum absolute atomic E-state index is 12.7. The van der Waals surface area contributed by atoms with Crippen LogP contribution in [0, 0.1) is 12.1 Å². The van der Waals surface area contributed by atoms with Gasteiger partial charge in [-0.15, -0.1) is 0 Å². The summed E-state index contributed by atoms with van der Waals surface area (Å²) in [6.07, 6.45) is 0. The molecule has 2 aromatic carbocycles. The van der Waals surface area contributed by atoms with E-state index in [0.717, 1.165) is 12.7 Å². The van der Waals surface area contributed by atoms with E-state index in [1.165, 1.54) is 13.2 Å². The van der Waals surface area contributed by atoms with Gasteiger partial charge in [0.05, 0.1) is 25.8 Å². The molecule has 0 aliphatic heterocycles. The highest BCUT2D eigenvalue weighted by Crippen LogP contribution is 2.19. The molecule has 0 saturated carbocycles. The van der Waals surface area contributed by atoms with E-state index in [9.17, 15) is 14.8 Å². The molecule has 0 saturated heterocycles. The van der Waals surface area contributed by atoms with Crippen LogP contribution in [0.2, 0.25) is 0 Å². The summed E-state index contributed by atoms with van der Waals surface area (Å²) in [7, 11) is 2.62. The van der Waals surface area contributed by atoms with Gasteiger partial charge in [0.25, 0.3) is 0 Å². The number of aromatic nitrogens is 2. The van der Waals surface area contributed by atoms with Crippen LogP contribution >= 0.6 is 0 Å². The number of hydrogen-bond donors (Lipinski definition) is 0. The van der Waals surface area contributed by atoms with Gasteiger partial charge in [0.15, 0.2) is 5.69 Å². The van der Waals surface area contributed by atoms with Gasteiger partial charge in [0, 0.05) is 0 Å². The Morgan fingerprint density at radius 1 is 1.07 bits per heavy atom. The number of aryl methyl sites for hydroxylation is 1. The Bertz CT molecular complexity index is 1050. The molecule has 8 nitrogen and oxygen atoms in total. The molecular weight excluding hydrogens is 364 g/mol. The van der Waals surface area contributed by atoms with E-state index >= 15 is 0 Å². The van der Waals surface area contributed by atoms with E-state index in [2.05, 4.69) is 4.98 Å². The van der Waals surface area contributed by atoms with Crippen LogP contribution in [0.5, 0.6) is 5.75 Å². The van der Waals surface area contributed by atoms with Crippen molar-refractivity contribution in [2.75, 3.05) is 14.2 Å². The zero-order valence-electron chi connectivity index (χ0n) is 15.6. The molecule has 3 rings (SSSR count). The van der Waals surface area contributed by atoms with Gasteiger partial charge < -0.3 is 19.4 Å². The molecule has 0 radical (unpaired) electrons. The third-order valence-electron chi connectivity index (χ3n) is 4.14. The number of methoxy groups -OCH3 is 2. The molecule has 1 heterocycles. The van der Waals surface area contributed by atoms with Crippen LogP contribution in [0.25, 0.3) is 11.0 Å². The van der Waals surface area contributed by atoms with E-state index in [1.54, 1.807) is 36.4 Å². The van der Waals surface area contributed by atoms with E-state index in [-0.39, 0.29) is 23.5 Å². The Hall–Kier alpha value is -3.68. The Labute approximate surface area is 160 Å². The maximum Gasteiger partial charge on any atom is 0.406 e. The largest absolute Gasteiger partial charge is 0.618 e. The number of ether oxygens (including phenoxy) is 3. The van der Waals surface area contributed by atoms with Gasteiger partial charge in [-0.3, -0.25) is 0 Å². The van der Waals surface area contributed by atoms with Gasteiger partial charge in [-0.1, -0.05) is 17.7 Å². The lowest BCUT2D eigenvalue weighted by Crippen LogP contribution is -2.38. The molecular formula is C20H18N2O6. The van der Waals surface area contributed by atoms with Crippen molar-refractivity contribution in [2.45, 2.75) is 13.5 Å². The lowest BCUT2D eigenvalue weighted by molar-refractivity contribution is -0.581. The van der Waals surface area contributed by atoms with Gasteiger partial charge in [-0.05, 0) is 31.2 Å². The summed E-state index contributed by atoms with van der Waals surface area (Å²) in [5, 5.41) is 12.7. The quantitative estimate of drug-likeness (QED) is 0.379. The Kier molecular flexibility index (Phi) is 5.39. The first-order chi connectivity index (χ1) is 13.4. The molecule has 3 aromatic rings. The number of hydrogen-bond acceptors (Lipinski definition) is 7. The summed E-state index contributed by atoms with van der Waals surface area (Å²) in [5.74, 6) is -1.04. The summed E-state index contributed by atoms with van der Waals surface area (Å²) in [4.78, 5) is 28.7. The molecule has 0 fully saturated rings. The van der Waals surface area contributed by atoms with E-state index in [4.69, 9.17) is 14.2 Å². The number of fused-ring (bicyclic) bond motifs is 1. The average molecular weight is 382 g/mol. The molecule has 0 N–H and O–H groups in total. The number of carbonyl (C=O) groups is 2. The highest BCUT2D eigenvalue weighted by Gasteiger charge is 2.28. The van der Waals surface area contributed by atoms with Crippen LogP contribution in [0.4, 0.5) is 0 Å². The number of nitrogens with zero attached hydrogens (tertiary/aromatic N) is 2. The van der Waals surface area contributed by atoms with E-state index < -0.39 is 11.9 Å². The molecule has 0 bridgehead atoms.